The van der Waals surface area contributed by atoms with Gasteiger partial charge < -0.3 is 4.74 Å². The topological polar surface area (TPSA) is 80.8 Å². The summed E-state index contributed by atoms with van der Waals surface area (Å²) in [7, 11) is -3.57. The highest BCUT2D eigenvalue weighted by Gasteiger charge is 2.33. The van der Waals surface area contributed by atoms with Gasteiger partial charge in [0.1, 0.15) is 0 Å². The Bertz CT molecular complexity index is 1100. The molecule has 2 aromatic carbocycles. The molecule has 0 atom stereocenters. The van der Waals surface area contributed by atoms with Gasteiger partial charge in [-0.25, -0.2) is 8.42 Å². The second-order valence-corrected chi connectivity index (χ2v) is 10.5. The van der Waals surface area contributed by atoms with E-state index >= 15 is 0 Å². The minimum Gasteiger partial charge on any atom is -0.457 e. The standard InChI is InChI=1S/C25H29NO5S/c1-2-18-6-8-20(9-7-18)24(27)17-31-25(28)21-12-14-26(15-13-21)32(29,30)23-11-10-19-4-3-5-22(19)16-23/h6-11,16,21H,2-5,12-15,17H2,1H3. The molecule has 2 aromatic rings. The Hall–Kier alpha value is -2.51. The second kappa shape index (κ2) is 9.55. The lowest BCUT2D eigenvalue weighted by molar-refractivity contribution is -0.148. The number of aryl methyl sites for hydroxylation is 3. The van der Waals surface area contributed by atoms with Crippen LogP contribution in [0.5, 0.6) is 0 Å². The molecule has 0 spiro atoms. The van der Waals surface area contributed by atoms with Gasteiger partial charge in [0, 0.05) is 18.7 Å². The number of ether oxygens (including phenoxy) is 1. The molecule has 1 aliphatic heterocycles. The Kier molecular flexibility index (Phi) is 6.76. The molecule has 0 amide bonds. The number of hydrogen-bond acceptors (Lipinski definition) is 5. The van der Waals surface area contributed by atoms with E-state index in [1.54, 1.807) is 24.3 Å². The first-order valence-corrected chi connectivity index (χ1v) is 12.7. The Labute approximate surface area is 189 Å². The van der Waals surface area contributed by atoms with Gasteiger partial charge in [0.15, 0.2) is 12.4 Å². The Balaban J connectivity index is 1.30. The second-order valence-electron chi connectivity index (χ2n) is 8.54. The molecule has 170 valence electrons. The number of hydrogen-bond donors (Lipinski definition) is 0. The van der Waals surface area contributed by atoms with Crippen molar-refractivity contribution in [2.75, 3.05) is 19.7 Å². The summed E-state index contributed by atoms with van der Waals surface area (Å²) in [6.07, 6.45) is 4.68. The van der Waals surface area contributed by atoms with E-state index in [-0.39, 0.29) is 25.5 Å². The molecule has 2 aliphatic rings. The lowest BCUT2D eigenvalue weighted by Crippen LogP contribution is -2.40. The van der Waals surface area contributed by atoms with Crippen molar-refractivity contribution in [1.29, 1.82) is 0 Å². The van der Waals surface area contributed by atoms with Crippen LogP contribution in [0, 0.1) is 5.92 Å². The van der Waals surface area contributed by atoms with E-state index in [1.165, 1.54) is 9.87 Å². The number of fused-ring (bicyclic) bond motifs is 1. The van der Waals surface area contributed by atoms with Crippen molar-refractivity contribution in [3.63, 3.8) is 0 Å². The van der Waals surface area contributed by atoms with Gasteiger partial charge in [0.25, 0.3) is 0 Å². The van der Waals surface area contributed by atoms with E-state index in [0.29, 0.717) is 23.3 Å². The van der Waals surface area contributed by atoms with Gasteiger partial charge in [-0.15, -0.1) is 0 Å². The highest BCUT2D eigenvalue weighted by atomic mass is 32.2. The summed E-state index contributed by atoms with van der Waals surface area (Å²) in [6, 6.07) is 12.7. The summed E-state index contributed by atoms with van der Waals surface area (Å²) in [5, 5.41) is 0. The van der Waals surface area contributed by atoms with Crippen LogP contribution in [0.3, 0.4) is 0 Å². The number of piperidine rings is 1. The third-order valence-corrected chi connectivity index (χ3v) is 8.42. The average molecular weight is 456 g/mol. The summed E-state index contributed by atoms with van der Waals surface area (Å²) >= 11 is 0. The Morgan fingerprint density at radius 1 is 1.00 bits per heavy atom. The molecule has 7 heteroatoms. The third kappa shape index (κ3) is 4.79. The maximum Gasteiger partial charge on any atom is 0.309 e. The first kappa shape index (κ1) is 22.7. The van der Waals surface area contributed by atoms with Gasteiger partial charge >= 0.3 is 5.97 Å². The molecule has 0 unspecified atom stereocenters. The molecule has 1 fully saturated rings. The van der Waals surface area contributed by atoms with Crippen molar-refractivity contribution < 1.29 is 22.7 Å². The van der Waals surface area contributed by atoms with Crippen LogP contribution >= 0.6 is 0 Å². The maximum atomic E-state index is 13.0. The highest BCUT2D eigenvalue weighted by Crippen LogP contribution is 2.29. The molecular formula is C25H29NO5S. The van der Waals surface area contributed by atoms with Gasteiger partial charge in [0.05, 0.1) is 10.8 Å². The first-order valence-electron chi connectivity index (χ1n) is 11.3. The lowest BCUT2D eigenvalue weighted by atomic mass is 9.98. The molecule has 0 radical (unpaired) electrons. The maximum absolute atomic E-state index is 13.0. The normalized spacial score (nSPS) is 17.2. The van der Waals surface area contributed by atoms with Crippen LogP contribution in [-0.2, 0) is 38.8 Å². The van der Waals surface area contributed by atoms with Crippen molar-refractivity contribution in [1.82, 2.24) is 4.31 Å². The van der Waals surface area contributed by atoms with Crippen LogP contribution in [0.1, 0.15) is 53.2 Å². The van der Waals surface area contributed by atoms with Crippen LogP contribution < -0.4 is 0 Å². The Morgan fingerprint density at radius 3 is 2.38 bits per heavy atom. The number of Topliss-reactive ketones (excluding diaryl/α,β-unsaturated/α-hetero) is 1. The first-order chi connectivity index (χ1) is 15.4. The Morgan fingerprint density at radius 2 is 1.69 bits per heavy atom. The molecule has 1 heterocycles. The predicted molar refractivity (Wildman–Crippen MR) is 121 cm³/mol. The molecule has 32 heavy (non-hydrogen) atoms. The highest BCUT2D eigenvalue weighted by molar-refractivity contribution is 7.89. The number of nitrogens with zero attached hydrogens (tertiary/aromatic N) is 1. The zero-order valence-electron chi connectivity index (χ0n) is 18.4. The van der Waals surface area contributed by atoms with E-state index in [0.717, 1.165) is 36.8 Å². The fraction of sp³-hybridized carbons (Fsp3) is 0.440. The van der Waals surface area contributed by atoms with Gasteiger partial charge in [-0.1, -0.05) is 37.3 Å². The molecule has 0 saturated carbocycles. The molecule has 0 aromatic heterocycles. The van der Waals surface area contributed by atoms with Gasteiger partial charge in [-0.3, -0.25) is 9.59 Å². The van der Waals surface area contributed by atoms with Crippen molar-refractivity contribution >= 4 is 21.8 Å². The van der Waals surface area contributed by atoms with Gasteiger partial charge in [-0.2, -0.15) is 4.31 Å². The third-order valence-electron chi connectivity index (χ3n) is 6.52. The van der Waals surface area contributed by atoms with Crippen LogP contribution in [0.15, 0.2) is 47.4 Å². The number of esters is 1. The fourth-order valence-corrected chi connectivity index (χ4v) is 5.97. The molecule has 6 nitrogen and oxygen atoms in total. The summed E-state index contributed by atoms with van der Waals surface area (Å²) < 4.78 is 32.8. The molecule has 4 rings (SSSR count). The van der Waals surface area contributed by atoms with Crippen LogP contribution in [0.25, 0.3) is 0 Å². The minimum atomic E-state index is -3.57. The SMILES string of the molecule is CCc1ccc(C(=O)COC(=O)C2CCN(S(=O)(=O)c3ccc4c(c3)CCC4)CC2)cc1. The molecule has 1 aliphatic carbocycles. The van der Waals surface area contributed by atoms with Crippen molar-refractivity contribution in [3.05, 3.63) is 64.7 Å². The summed E-state index contributed by atoms with van der Waals surface area (Å²) in [4.78, 5) is 25.1. The van der Waals surface area contributed by atoms with E-state index < -0.39 is 21.9 Å². The van der Waals surface area contributed by atoms with Crippen LogP contribution in [-0.4, -0.2) is 44.2 Å². The summed E-state index contributed by atoms with van der Waals surface area (Å²) in [6.45, 7) is 2.29. The minimum absolute atomic E-state index is 0.238. The number of rotatable bonds is 7. The van der Waals surface area contributed by atoms with Gasteiger partial charge in [0.2, 0.25) is 10.0 Å². The van der Waals surface area contributed by atoms with Crippen molar-refractivity contribution in [2.45, 2.75) is 50.3 Å². The summed E-state index contributed by atoms with van der Waals surface area (Å²) in [5.74, 6) is -1.06. The quantitative estimate of drug-likeness (QED) is 0.471. The van der Waals surface area contributed by atoms with E-state index in [9.17, 15) is 18.0 Å². The average Bonchev–Trinajstić information content (AvgIpc) is 3.30. The predicted octanol–water partition coefficient (Wildman–Crippen LogP) is 3.56. The van der Waals surface area contributed by atoms with Crippen LogP contribution in [0.2, 0.25) is 0 Å². The van der Waals surface area contributed by atoms with Crippen molar-refractivity contribution in [3.8, 4) is 0 Å². The number of carbonyl (C=O) groups is 2. The fourth-order valence-electron chi connectivity index (χ4n) is 4.45. The number of benzene rings is 2. The molecule has 0 N–H and O–H groups in total. The smallest absolute Gasteiger partial charge is 0.309 e. The number of ketones is 1. The lowest BCUT2D eigenvalue weighted by Gasteiger charge is -2.30. The zero-order chi connectivity index (χ0) is 22.7. The zero-order valence-corrected chi connectivity index (χ0v) is 19.2. The molecule has 1 saturated heterocycles. The van der Waals surface area contributed by atoms with Crippen LogP contribution in [0.4, 0.5) is 0 Å². The monoisotopic (exact) mass is 455 g/mol. The summed E-state index contributed by atoms with van der Waals surface area (Å²) in [5.41, 5.74) is 4.02. The van der Waals surface area contributed by atoms with Crippen molar-refractivity contribution in [2.24, 2.45) is 5.92 Å². The number of sulfonamides is 1. The molecular weight excluding hydrogens is 426 g/mol. The number of carbonyl (C=O) groups excluding carboxylic acids is 2. The largest absolute Gasteiger partial charge is 0.457 e. The van der Waals surface area contributed by atoms with E-state index in [2.05, 4.69) is 0 Å². The van der Waals surface area contributed by atoms with E-state index in [4.69, 9.17) is 4.74 Å². The van der Waals surface area contributed by atoms with Gasteiger partial charge in [-0.05, 0) is 67.3 Å². The molecule has 0 bridgehead atoms. The van der Waals surface area contributed by atoms with E-state index in [1.807, 2.05) is 25.1 Å².